The first-order valence-corrected chi connectivity index (χ1v) is 9.26. The monoisotopic (exact) mass is 314 g/mol. The molecule has 0 radical (unpaired) electrons. The fourth-order valence-corrected chi connectivity index (χ4v) is 3.93. The van der Waals surface area contributed by atoms with Gasteiger partial charge in [-0.1, -0.05) is 49.6 Å². The highest BCUT2D eigenvalue weighted by Gasteiger charge is 2.50. The zero-order chi connectivity index (χ0) is 16.1. The number of carbonyl (C=O) groups excluding carboxylic acids is 1. The van der Waals surface area contributed by atoms with E-state index in [1.165, 1.54) is 37.7 Å². The summed E-state index contributed by atoms with van der Waals surface area (Å²) < 4.78 is 0. The average Bonchev–Trinajstić information content (AvgIpc) is 3.42. The molecule has 1 aromatic rings. The van der Waals surface area contributed by atoms with Crippen LogP contribution in [0.2, 0.25) is 0 Å². The Bertz CT molecular complexity index is 504. The quantitative estimate of drug-likeness (QED) is 0.781. The molecule has 2 aliphatic carbocycles. The number of hydrogen-bond acceptors (Lipinski definition) is 2. The summed E-state index contributed by atoms with van der Waals surface area (Å²) in [6.45, 7) is 1.88. The van der Waals surface area contributed by atoms with E-state index in [4.69, 9.17) is 0 Å². The third kappa shape index (κ3) is 3.95. The second kappa shape index (κ2) is 7.48. The molecule has 1 amide bonds. The normalized spacial score (nSPS) is 20.4. The molecule has 0 atom stereocenters. The van der Waals surface area contributed by atoms with Gasteiger partial charge >= 0.3 is 0 Å². The number of hydrogen-bond donors (Lipinski definition) is 1. The van der Waals surface area contributed by atoms with Gasteiger partial charge in [-0.2, -0.15) is 0 Å². The van der Waals surface area contributed by atoms with Gasteiger partial charge in [-0.15, -0.1) is 0 Å². The molecule has 3 nitrogen and oxygen atoms in total. The molecule has 1 N–H and O–H groups in total. The molecule has 2 saturated carbocycles. The first kappa shape index (κ1) is 16.5. The van der Waals surface area contributed by atoms with Crippen LogP contribution in [0.15, 0.2) is 30.3 Å². The van der Waals surface area contributed by atoms with Gasteiger partial charge in [0, 0.05) is 12.6 Å². The predicted octanol–water partition coefficient (Wildman–Crippen LogP) is 3.49. The summed E-state index contributed by atoms with van der Waals surface area (Å²) in [6.07, 6.45) is 9.89. The van der Waals surface area contributed by atoms with Crippen molar-refractivity contribution in [2.24, 2.45) is 0 Å². The van der Waals surface area contributed by atoms with Crippen molar-refractivity contribution in [3.8, 4) is 0 Å². The summed E-state index contributed by atoms with van der Waals surface area (Å²) in [6, 6.07) is 11.0. The van der Waals surface area contributed by atoms with Gasteiger partial charge < -0.3 is 10.2 Å². The van der Waals surface area contributed by atoms with E-state index >= 15 is 0 Å². The number of nitrogens with zero attached hydrogens (tertiary/aromatic N) is 1. The summed E-state index contributed by atoms with van der Waals surface area (Å²) in [5.74, 6) is 0.226. The number of rotatable bonds is 7. The Hall–Kier alpha value is -1.35. The molecule has 2 aliphatic rings. The Labute approximate surface area is 140 Å². The van der Waals surface area contributed by atoms with Gasteiger partial charge in [0.2, 0.25) is 5.91 Å². The van der Waals surface area contributed by atoms with Crippen LogP contribution in [0.5, 0.6) is 0 Å². The average molecular weight is 314 g/mol. The lowest BCUT2D eigenvalue weighted by molar-refractivity contribution is -0.123. The number of carbonyl (C=O) groups is 1. The van der Waals surface area contributed by atoms with E-state index in [1.807, 2.05) is 18.2 Å². The van der Waals surface area contributed by atoms with Crippen molar-refractivity contribution in [2.45, 2.75) is 62.8 Å². The lowest BCUT2D eigenvalue weighted by Gasteiger charge is -2.31. The van der Waals surface area contributed by atoms with Crippen molar-refractivity contribution in [1.29, 1.82) is 0 Å². The first-order valence-electron chi connectivity index (χ1n) is 9.26. The molecular formula is C20H30N2O. The minimum Gasteiger partial charge on any atom is -0.355 e. The third-order valence-corrected chi connectivity index (χ3v) is 5.68. The SMILES string of the molecule is CN(CCCNC(=O)C1(c2ccccc2)CC1)C1CCCCC1. The van der Waals surface area contributed by atoms with Crippen molar-refractivity contribution in [2.75, 3.05) is 20.1 Å². The second-order valence-corrected chi connectivity index (χ2v) is 7.33. The zero-order valence-electron chi connectivity index (χ0n) is 14.4. The molecule has 3 heteroatoms. The zero-order valence-corrected chi connectivity index (χ0v) is 14.4. The standard InChI is InChI=1S/C20H30N2O/c1-22(18-11-6-3-7-12-18)16-8-15-21-19(23)20(13-14-20)17-9-4-2-5-10-17/h2,4-5,9-10,18H,3,6-8,11-16H2,1H3,(H,21,23). The van der Waals surface area contributed by atoms with Crippen LogP contribution in [0.3, 0.4) is 0 Å². The minimum absolute atomic E-state index is 0.226. The molecule has 0 unspecified atom stereocenters. The molecule has 2 fully saturated rings. The van der Waals surface area contributed by atoms with Crippen molar-refractivity contribution in [3.05, 3.63) is 35.9 Å². The fourth-order valence-electron chi connectivity index (χ4n) is 3.93. The molecule has 3 rings (SSSR count). The molecule has 0 saturated heterocycles. The summed E-state index contributed by atoms with van der Waals surface area (Å²) in [5, 5.41) is 3.18. The van der Waals surface area contributed by atoms with Gasteiger partial charge in [0.25, 0.3) is 0 Å². The van der Waals surface area contributed by atoms with Gasteiger partial charge in [-0.25, -0.2) is 0 Å². The topological polar surface area (TPSA) is 32.3 Å². The van der Waals surface area contributed by atoms with E-state index in [2.05, 4.69) is 29.4 Å². The summed E-state index contributed by atoms with van der Waals surface area (Å²) in [4.78, 5) is 15.0. The highest BCUT2D eigenvalue weighted by Crippen LogP contribution is 2.48. The Morgan fingerprint density at radius 2 is 1.87 bits per heavy atom. The summed E-state index contributed by atoms with van der Waals surface area (Å²) >= 11 is 0. The molecule has 0 spiro atoms. The Balaban J connectivity index is 1.40. The predicted molar refractivity (Wildman–Crippen MR) is 94.5 cm³/mol. The van der Waals surface area contributed by atoms with E-state index < -0.39 is 0 Å². The van der Waals surface area contributed by atoms with Crippen molar-refractivity contribution in [1.82, 2.24) is 10.2 Å². The van der Waals surface area contributed by atoms with Crippen LogP contribution in [-0.2, 0) is 10.2 Å². The molecule has 0 aromatic heterocycles. The first-order chi connectivity index (χ1) is 11.2. The third-order valence-electron chi connectivity index (χ3n) is 5.68. The van der Waals surface area contributed by atoms with Crippen LogP contribution in [0.1, 0.15) is 56.9 Å². The lowest BCUT2D eigenvalue weighted by atomic mass is 9.94. The smallest absolute Gasteiger partial charge is 0.230 e. The number of nitrogens with one attached hydrogen (secondary N) is 1. The molecule has 0 bridgehead atoms. The van der Waals surface area contributed by atoms with Gasteiger partial charge in [-0.3, -0.25) is 4.79 Å². The number of amides is 1. The Kier molecular flexibility index (Phi) is 5.37. The number of benzene rings is 1. The molecular weight excluding hydrogens is 284 g/mol. The molecule has 23 heavy (non-hydrogen) atoms. The Morgan fingerprint density at radius 1 is 1.17 bits per heavy atom. The van der Waals surface area contributed by atoms with Gasteiger partial charge in [0.15, 0.2) is 0 Å². The van der Waals surface area contributed by atoms with E-state index in [0.717, 1.165) is 38.4 Å². The van der Waals surface area contributed by atoms with Crippen LogP contribution in [0.25, 0.3) is 0 Å². The van der Waals surface area contributed by atoms with E-state index in [9.17, 15) is 4.79 Å². The lowest BCUT2D eigenvalue weighted by Crippen LogP contribution is -2.38. The van der Waals surface area contributed by atoms with Crippen molar-refractivity contribution >= 4 is 5.91 Å². The molecule has 0 aliphatic heterocycles. The van der Waals surface area contributed by atoms with Crippen LogP contribution >= 0.6 is 0 Å². The van der Waals surface area contributed by atoms with Crippen LogP contribution in [0.4, 0.5) is 0 Å². The van der Waals surface area contributed by atoms with Gasteiger partial charge in [-0.05, 0) is 51.3 Å². The molecule has 0 heterocycles. The van der Waals surface area contributed by atoms with Crippen LogP contribution in [-0.4, -0.2) is 37.0 Å². The van der Waals surface area contributed by atoms with Crippen molar-refractivity contribution < 1.29 is 4.79 Å². The highest BCUT2D eigenvalue weighted by molar-refractivity contribution is 5.91. The van der Waals surface area contributed by atoms with E-state index in [-0.39, 0.29) is 11.3 Å². The maximum Gasteiger partial charge on any atom is 0.230 e. The summed E-state index contributed by atoms with van der Waals surface area (Å²) in [7, 11) is 2.24. The maximum atomic E-state index is 12.5. The van der Waals surface area contributed by atoms with Crippen molar-refractivity contribution in [3.63, 3.8) is 0 Å². The highest BCUT2D eigenvalue weighted by atomic mass is 16.2. The van der Waals surface area contributed by atoms with Crippen LogP contribution in [0, 0.1) is 0 Å². The van der Waals surface area contributed by atoms with Gasteiger partial charge in [0.1, 0.15) is 0 Å². The second-order valence-electron chi connectivity index (χ2n) is 7.33. The van der Waals surface area contributed by atoms with Gasteiger partial charge in [0.05, 0.1) is 5.41 Å². The molecule has 1 aromatic carbocycles. The maximum absolute atomic E-state index is 12.5. The summed E-state index contributed by atoms with van der Waals surface area (Å²) in [5.41, 5.74) is 0.952. The fraction of sp³-hybridized carbons (Fsp3) is 0.650. The Morgan fingerprint density at radius 3 is 2.52 bits per heavy atom. The van der Waals surface area contributed by atoms with Crippen LogP contribution < -0.4 is 5.32 Å². The largest absolute Gasteiger partial charge is 0.355 e. The molecule has 126 valence electrons. The minimum atomic E-state index is -0.226. The van der Waals surface area contributed by atoms with E-state index in [1.54, 1.807) is 0 Å². The van der Waals surface area contributed by atoms with E-state index in [0.29, 0.717) is 0 Å².